The number of hydrogen-bond acceptors (Lipinski definition) is 3. The average molecular weight is 215 g/mol. The van der Waals surface area contributed by atoms with E-state index in [1.165, 1.54) is 0 Å². The van der Waals surface area contributed by atoms with Crippen LogP contribution in [0.4, 0.5) is 5.69 Å². The van der Waals surface area contributed by atoms with Crippen molar-refractivity contribution in [3.63, 3.8) is 0 Å². The molecule has 0 heterocycles. The summed E-state index contributed by atoms with van der Waals surface area (Å²) in [7, 11) is -1.91. The number of anilines is 1. The van der Waals surface area contributed by atoms with Crippen LogP contribution >= 0.6 is 0 Å². The van der Waals surface area contributed by atoms with Gasteiger partial charge in [-0.3, -0.25) is 4.72 Å². The second-order valence-electron chi connectivity index (χ2n) is 2.83. The molecule has 1 rings (SSSR count). The fourth-order valence-corrected chi connectivity index (χ4v) is 1.62. The number of rotatable bonds is 4. The minimum absolute atomic E-state index is 0.504. The zero-order valence-electron chi connectivity index (χ0n) is 7.82. The second kappa shape index (κ2) is 4.41. The predicted molar refractivity (Wildman–Crippen MR) is 55.9 cm³/mol. The van der Waals surface area contributed by atoms with Crippen LogP contribution in [0.15, 0.2) is 24.3 Å². The highest BCUT2D eigenvalue weighted by Gasteiger charge is 2.05. The smallest absolute Gasteiger partial charge is 0.296 e. The molecule has 14 heavy (non-hydrogen) atoms. The van der Waals surface area contributed by atoms with Gasteiger partial charge in [0.2, 0.25) is 0 Å². The highest BCUT2D eigenvalue weighted by atomic mass is 32.2. The van der Waals surface area contributed by atoms with E-state index in [-0.39, 0.29) is 0 Å². The topological polar surface area (TPSA) is 84.2 Å². The van der Waals surface area contributed by atoms with Gasteiger partial charge in [0.25, 0.3) is 10.2 Å². The Hall–Kier alpha value is -1.11. The number of benzene rings is 1. The Morgan fingerprint density at radius 3 is 2.57 bits per heavy atom. The summed E-state index contributed by atoms with van der Waals surface area (Å²) < 4.78 is 23.9. The van der Waals surface area contributed by atoms with Crippen LogP contribution in [0.5, 0.6) is 0 Å². The zero-order valence-corrected chi connectivity index (χ0v) is 8.64. The van der Waals surface area contributed by atoms with Gasteiger partial charge in [-0.05, 0) is 18.7 Å². The number of nitrogens with two attached hydrogens (primary N) is 1. The summed E-state index contributed by atoms with van der Waals surface area (Å²) in [6.07, 6.45) is 0. The lowest BCUT2D eigenvalue weighted by Crippen LogP contribution is -2.23. The summed E-state index contributed by atoms with van der Waals surface area (Å²) >= 11 is 0. The molecule has 5 nitrogen and oxygen atoms in total. The van der Waals surface area contributed by atoms with Crippen LogP contribution in [0.2, 0.25) is 0 Å². The normalized spacial score (nSPS) is 11.3. The quantitative estimate of drug-likeness (QED) is 0.662. The van der Waals surface area contributed by atoms with Gasteiger partial charge in [-0.1, -0.05) is 18.2 Å². The number of hydrogen-bond donors (Lipinski definition) is 3. The van der Waals surface area contributed by atoms with E-state index in [0.29, 0.717) is 12.2 Å². The van der Waals surface area contributed by atoms with Crippen molar-refractivity contribution in [3.05, 3.63) is 29.8 Å². The zero-order chi connectivity index (χ0) is 10.6. The van der Waals surface area contributed by atoms with Crippen molar-refractivity contribution in [1.29, 1.82) is 0 Å². The van der Waals surface area contributed by atoms with E-state index in [4.69, 9.17) is 5.14 Å². The molecule has 6 heteroatoms. The third-order valence-electron chi connectivity index (χ3n) is 1.64. The van der Waals surface area contributed by atoms with E-state index in [9.17, 15) is 8.42 Å². The van der Waals surface area contributed by atoms with Crippen molar-refractivity contribution < 1.29 is 8.42 Å². The summed E-state index contributed by atoms with van der Waals surface area (Å²) in [6, 6.07) is 7.06. The average Bonchev–Trinajstić information content (AvgIpc) is 2.06. The van der Waals surface area contributed by atoms with Crippen LogP contribution < -0.4 is 15.2 Å². The fourth-order valence-electron chi connectivity index (χ4n) is 1.12. The molecule has 0 unspecified atom stereocenters. The van der Waals surface area contributed by atoms with Gasteiger partial charge in [0, 0.05) is 6.54 Å². The molecule has 78 valence electrons. The van der Waals surface area contributed by atoms with Crippen molar-refractivity contribution in [2.75, 3.05) is 11.8 Å². The summed E-state index contributed by atoms with van der Waals surface area (Å²) in [4.78, 5) is 0. The van der Waals surface area contributed by atoms with Crippen LogP contribution in [0, 0.1) is 0 Å². The van der Waals surface area contributed by atoms with Gasteiger partial charge < -0.3 is 5.32 Å². The van der Waals surface area contributed by atoms with Gasteiger partial charge in [-0.25, -0.2) is 5.14 Å². The van der Waals surface area contributed by atoms with Crippen LogP contribution in [0.3, 0.4) is 0 Å². The highest BCUT2D eigenvalue weighted by Crippen LogP contribution is 2.14. The van der Waals surface area contributed by atoms with Crippen molar-refractivity contribution in [3.8, 4) is 0 Å². The molecule has 0 aliphatic rings. The Morgan fingerprint density at radius 1 is 1.36 bits per heavy atom. The monoisotopic (exact) mass is 215 g/mol. The van der Waals surface area contributed by atoms with E-state index >= 15 is 0 Å². The molecule has 0 atom stereocenters. The summed E-state index contributed by atoms with van der Waals surface area (Å²) in [5.74, 6) is 0. The fraction of sp³-hybridized carbons (Fsp3) is 0.250. The number of para-hydroxylation sites is 1. The van der Waals surface area contributed by atoms with Crippen molar-refractivity contribution in [1.82, 2.24) is 5.32 Å². The van der Waals surface area contributed by atoms with Crippen LogP contribution in [0.25, 0.3) is 0 Å². The molecule has 0 spiro atoms. The van der Waals surface area contributed by atoms with E-state index in [1.807, 2.05) is 12.1 Å². The molecule has 0 bridgehead atoms. The maximum Gasteiger partial charge on any atom is 0.296 e. The third kappa shape index (κ3) is 3.33. The van der Waals surface area contributed by atoms with Gasteiger partial charge in [0.15, 0.2) is 0 Å². The minimum atomic E-state index is -3.70. The van der Waals surface area contributed by atoms with Crippen LogP contribution in [0.1, 0.15) is 5.56 Å². The molecule has 0 radical (unpaired) electrons. The lowest BCUT2D eigenvalue weighted by atomic mass is 10.2. The van der Waals surface area contributed by atoms with Crippen LogP contribution in [-0.2, 0) is 16.8 Å². The van der Waals surface area contributed by atoms with Gasteiger partial charge in [-0.2, -0.15) is 8.42 Å². The molecule has 0 aromatic heterocycles. The van der Waals surface area contributed by atoms with E-state index in [0.717, 1.165) is 5.56 Å². The van der Waals surface area contributed by atoms with E-state index in [1.54, 1.807) is 19.2 Å². The summed E-state index contributed by atoms with van der Waals surface area (Å²) in [5, 5.41) is 7.81. The molecule has 1 aromatic rings. The standard InChI is InChI=1S/C8H13N3O2S/c1-10-6-7-4-2-3-5-8(7)11-14(9,12)13/h2-5,10-11H,6H2,1H3,(H2,9,12,13). The molecule has 1 aromatic carbocycles. The van der Waals surface area contributed by atoms with E-state index in [2.05, 4.69) is 10.0 Å². The molecule has 0 amide bonds. The maximum absolute atomic E-state index is 10.8. The van der Waals surface area contributed by atoms with Crippen molar-refractivity contribution in [2.24, 2.45) is 5.14 Å². The molecule has 0 saturated heterocycles. The van der Waals surface area contributed by atoms with Crippen LogP contribution in [-0.4, -0.2) is 15.5 Å². The predicted octanol–water partition coefficient (Wildman–Crippen LogP) is 0.0214. The lowest BCUT2D eigenvalue weighted by Gasteiger charge is -2.09. The Balaban J connectivity index is 2.95. The maximum atomic E-state index is 10.8. The molecule has 4 N–H and O–H groups in total. The Labute approximate surface area is 83.5 Å². The highest BCUT2D eigenvalue weighted by molar-refractivity contribution is 7.90. The molecule has 0 aliphatic carbocycles. The lowest BCUT2D eigenvalue weighted by molar-refractivity contribution is 0.603. The van der Waals surface area contributed by atoms with Gasteiger partial charge in [0.05, 0.1) is 5.69 Å². The summed E-state index contributed by atoms with van der Waals surface area (Å²) in [6.45, 7) is 0.582. The first-order valence-corrected chi connectivity index (χ1v) is 5.60. The molecule has 0 saturated carbocycles. The van der Waals surface area contributed by atoms with Crippen molar-refractivity contribution in [2.45, 2.75) is 6.54 Å². The largest absolute Gasteiger partial charge is 0.316 e. The minimum Gasteiger partial charge on any atom is -0.316 e. The first-order valence-electron chi connectivity index (χ1n) is 4.06. The molecule has 0 fully saturated rings. The molecular weight excluding hydrogens is 202 g/mol. The summed E-state index contributed by atoms with van der Waals surface area (Å²) in [5.41, 5.74) is 1.35. The first-order chi connectivity index (χ1) is 6.53. The molecular formula is C8H13N3O2S. The second-order valence-corrected chi connectivity index (χ2v) is 4.13. The SMILES string of the molecule is CNCc1ccccc1NS(N)(=O)=O. The Bertz CT molecular complexity index is 403. The van der Waals surface area contributed by atoms with Gasteiger partial charge in [0.1, 0.15) is 0 Å². The van der Waals surface area contributed by atoms with Gasteiger partial charge in [-0.15, -0.1) is 0 Å². The molecule has 0 aliphatic heterocycles. The van der Waals surface area contributed by atoms with Crippen molar-refractivity contribution >= 4 is 15.9 Å². The number of nitrogens with one attached hydrogen (secondary N) is 2. The Morgan fingerprint density at radius 2 is 2.00 bits per heavy atom. The Kier molecular flexibility index (Phi) is 3.45. The van der Waals surface area contributed by atoms with Gasteiger partial charge >= 0.3 is 0 Å². The first kappa shape index (κ1) is 11.0. The van der Waals surface area contributed by atoms with E-state index < -0.39 is 10.2 Å². The third-order valence-corrected chi connectivity index (χ3v) is 2.14.